The Bertz CT molecular complexity index is 509. The van der Waals surface area contributed by atoms with Gasteiger partial charge in [0, 0.05) is 11.3 Å². The van der Waals surface area contributed by atoms with E-state index in [0.717, 1.165) is 22.8 Å². The van der Waals surface area contributed by atoms with Crippen LogP contribution in [0.15, 0.2) is 29.8 Å². The number of aliphatic imine (C=N–C) groups is 1. The molecule has 1 heterocycles. The SMILES string of the molecule is [B]N1C(=C)c2ccc(C(C)(C)C)cc2N=C1C. The van der Waals surface area contributed by atoms with Gasteiger partial charge in [-0.25, -0.2) is 4.99 Å². The monoisotopic (exact) mass is 224 g/mol. The molecule has 0 saturated heterocycles. The summed E-state index contributed by atoms with van der Waals surface area (Å²) in [6.07, 6.45) is 0. The second-order valence-corrected chi connectivity index (χ2v) is 5.46. The second-order valence-electron chi connectivity index (χ2n) is 5.46. The maximum Gasteiger partial charge on any atom is 0.236 e. The molecule has 17 heavy (non-hydrogen) atoms. The number of hydrogen-bond donors (Lipinski definition) is 0. The smallest absolute Gasteiger partial charge is 0.236 e. The van der Waals surface area contributed by atoms with Gasteiger partial charge in [-0.15, -0.1) is 0 Å². The van der Waals surface area contributed by atoms with Crippen LogP contribution in [-0.2, 0) is 5.41 Å². The summed E-state index contributed by atoms with van der Waals surface area (Å²) in [5.41, 5.74) is 4.16. The van der Waals surface area contributed by atoms with Crippen LogP contribution < -0.4 is 0 Å². The molecule has 0 saturated carbocycles. The fourth-order valence-electron chi connectivity index (χ4n) is 1.89. The zero-order valence-corrected chi connectivity index (χ0v) is 10.9. The van der Waals surface area contributed by atoms with E-state index in [1.807, 2.05) is 13.0 Å². The van der Waals surface area contributed by atoms with E-state index >= 15 is 0 Å². The highest BCUT2D eigenvalue weighted by Gasteiger charge is 2.20. The van der Waals surface area contributed by atoms with Crippen molar-refractivity contribution < 1.29 is 0 Å². The minimum atomic E-state index is 0.125. The molecule has 1 aliphatic heterocycles. The van der Waals surface area contributed by atoms with Crippen molar-refractivity contribution in [1.29, 1.82) is 0 Å². The lowest BCUT2D eigenvalue weighted by Gasteiger charge is -2.29. The van der Waals surface area contributed by atoms with Crippen LogP contribution in [0.4, 0.5) is 5.69 Å². The molecule has 0 fully saturated rings. The predicted molar refractivity (Wildman–Crippen MR) is 74.5 cm³/mol. The fourth-order valence-corrected chi connectivity index (χ4v) is 1.89. The number of nitrogens with zero attached hydrogens (tertiary/aromatic N) is 2. The van der Waals surface area contributed by atoms with Crippen molar-refractivity contribution in [3.05, 3.63) is 35.9 Å². The molecular formula is C14H17BN2. The van der Waals surface area contributed by atoms with E-state index in [0.29, 0.717) is 0 Å². The van der Waals surface area contributed by atoms with Crippen molar-refractivity contribution in [3.63, 3.8) is 0 Å². The average Bonchev–Trinajstić information content (AvgIpc) is 2.24. The summed E-state index contributed by atoms with van der Waals surface area (Å²) in [5, 5.41) is 0. The summed E-state index contributed by atoms with van der Waals surface area (Å²) >= 11 is 0. The second kappa shape index (κ2) is 3.76. The molecule has 0 bridgehead atoms. The van der Waals surface area contributed by atoms with Gasteiger partial charge in [-0.05, 0) is 24.0 Å². The van der Waals surface area contributed by atoms with Crippen molar-refractivity contribution in [2.45, 2.75) is 33.1 Å². The summed E-state index contributed by atoms with van der Waals surface area (Å²) in [6, 6.07) is 6.29. The number of amidine groups is 1. The molecule has 2 radical (unpaired) electrons. The summed E-state index contributed by atoms with van der Waals surface area (Å²) in [5.74, 6) is 0.772. The van der Waals surface area contributed by atoms with Gasteiger partial charge in [-0.3, -0.25) is 0 Å². The Morgan fingerprint density at radius 2 is 1.94 bits per heavy atom. The molecule has 3 heteroatoms. The highest BCUT2D eigenvalue weighted by molar-refractivity contribution is 6.22. The van der Waals surface area contributed by atoms with Gasteiger partial charge in [0.2, 0.25) is 7.98 Å². The van der Waals surface area contributed by atoms with Crippen LogP contribution in [0.5, 0.6) is 0 Å². The number of benzene rings is 1. The minimum absolute atomic E-state index is 0.125. The molecule has 2 rings (SSSR count). The molecule has 86 valence electrons. The molecule has 1 aliphatic rings. The first kappa shape index (κ1) is 12.0. The maximum atomic E-state index is 5.86. The molecule has 1 aromatic carbocycles. The van der Waals surface area contributed by atoms with E-state index in [4.69, 9.17) is 7.98 Å². The molecule has 0 amide bonds. The molecule has 0 atom stereocenters. The van der Waals surface area contributed by atoms with E-state index in [9.17, 15) is 0 Å². The summed E-state index contributed by atoms with van der Waals surface area (Å²) in [4.78, 5) is 6.04. The van der Waals surface area contributed by atoms with Crippen molar-refractivity contribution >= 4 is 25.2 Å². The van der Waals surface area contributed by atoms with Crippen molar-refractivity contribution in [2.24, 2.45) is 4.99 Å². The van der Waals surface area contributed by atoms with Crippen LogP contribution in [0.25, 0.3) is 5.70 Å². The van der Waals surface area contributed by atoms with Gasteiger partial charge in [0.25, 0.3) is 0 Å². The normalized spacial score (nSPS) is 15.6. The van der Waals surface area contributed by atoms with Crippen LogP contribution >= 0.6 is 0 Å². The number of fused-ring (bicyclic) bond motifs is 1. The Morgan fingerprint density at radius 1 is 1.29 bits per heavy atom. The quantitative estimate of drug-likeness (QED) is 0.616. The molecule has 0 spiro atoms. The zero-order chi connectivity index (χ0) is 12.8. The average molecular weight is 224 g/mol. The van der Waals surface area contributed by atoms with Gasteiger partial charge in [-0.1, -0.05) is 39.5 Å². The van der Waals surface area contributed by atoms with Crippen molar-refractivity contribution in [2.75, 3.05) is 0 Å². The van der Waals surface area contributed by atoms with Gasteiger partial charge in [0.05, 0.1) is 11.5 Å². The first-order valence-corrected chi connectivity index (χ1v) is 5.74. The Labute approximate surface area is 104 Å². The molecular weight excluding hydrogens is 207 g/mol. The van der Waals surface area contributed by atoms with Gasteiger partial charge in [-0.2, -0.15) is 0 Å². The lowest BCUT2D eigenvalue weighted by molar-refractivity contribution is 0.590. The minimum Gasteiger partial charge on any atom is -0.387 e. The third kappa shape index (κ3) is 2.02. The first-order valence-electron chi connectivity index (χ1n) is 5.74. The van der Waals surface area contributed by atoms with E-state index < -0.39 is 0 Å². The van der Waals surface area contributed by atoms with Crippen LogP contribution in [0, 0.1) is 0 Å². The lowest BCUT2D eigenvalue weighted by Crippen LogP contribution is -2.26. The van der Waals surface area contributed by atoms with Crippen LogP contribution in [-0.4, -0.2) is 18.6 Å². The topological polar surface area (TPSA) is 15.6 Å². The van der Waals surface area contributed by atoms with Gasteiger partial charge < -0.3 is 4.81 Å². The van der Waals surface area contributed by atoms with Gasteiger partial charge >= 0.3 is 0 Å². The van der Waals surface area contributed by atoms with E-state index in [1.54, 1.807) is 0 Å². The standard InChI is InChI=1S/C14H17BN2/c1-9-12-7-6-11(14(3,4)5)8-13(12)16-10(2)17(9)15/h6-8H,1H2,2-5H3. The van der Waals surface area contributed by atoms with E-state index in [2.05, 4.69) is 44.5 Å². The fraction of sp³-hybridized carbons (Fsp3) is 0.357. The van der Waals surface area contributed by atoms with E-state index in [-0.39, 0.29) is 5.41 Å². The molecule has 1 aromatic rings. The van der Waals surface area contributed by atoms with Crippen LogP contribution in [0.1, 0.15) is 38.8 Å². The lowest BCUT2D eigenvalue weighted by atomic mass is 9.85. The van der Waals surface area contributed by atoms with Crippen LogP contribution in [0.2, 0.25) is 0 Å². The molecule has 0 aliphatic carbocycles. The highest BCUT2D eigenvalue weighted by atomic mass is 15.1. The third-order valence-electron chi connectivity index (χ3n) is 3.10. The van der Waals surface area contributed by atoms with Gasteiger partial charge in [0.15, 0.2) is 0 Å². The van der Waals surface area contributed by atoms with Crippen molar-refractivity contribution in [3.8, 4) is 0 Å². The number of rotatable bonds is 0. The van der Waals surface area contributed by atoms with Crippen LogP contribution in [0.3, 0.4) is 0 Å². The summed E-state index contributed by atoms with van der Waals surface area (Å²) < 4.78 is 0. The Balaban J connectivity index is 2.57. The van der Waals surface area contributed by atoms with Gasteiger partial charge in [0.1, 0.15) is 0 Å². The number of hydrogen-bond acceptors (Lipinski definition) is 2. The zero-order valence-electron chi connectivity index (χ0n) is 10.9. The van der Waals surface area contributed by atoms with E-state index in [1.165, 1.54) is 10.4 Å². The van der Waals surface area contributed by atoms with Crippen molar-refractivity contribution in [1.82, 2.24) is 4.81 Å². The Kier molecular flexibility index (Phi) is 2.65. The Morgan fingerprint density at radius 3 is 2.53 bits per heavy atom. The summed E-state index contributed by atoms with van der Waals surface area (Å²) in [6.45, 7) is 12.5. The third-order valence-corrected chi connectivity index (χ3v) is 3.10. The molecule has 0 aromatic heterocycles. The largest absolute Gasteiger partial charge is 0.387 e. The maximum absolute atomic E-state index is 5.86. The molecule has 0 unspecified atom stereocenters. The first-order chi connectivity index (χ1) is 7.80. The summed E-state index contributed by atoms with van der Waals surface area (Å²) in [7, 11) is 5.86. The predicted octanol–water partition coefficient (Wildman–Crippen LogP) is 3.40. The molecule has 2 nitrogen and oxygen atoms in total. The molecule has 0 N–H and O–H groups in total. The Hall–Kier alpha value is -1.51. The highest BCUT2D eigenvalue weighted by Crippen LogP contribution is 2.35.